The number of ketones is 1. The van der Waals surface area contributed by atoms with Crippen molar-refractivity contribution < 1.29 is 28.5 Å². The zero-order chi connectivity index (χ0) is 23.4. The lowest BCUT2D eigenvalue weighted by Crippen LogP contribution is -2.38. The summed E-state index contributed by atoms with van der Waals surface area (Å²) >= 11 is 0. The van der Waals surface area contributed by atoms with Gasteiger partial charge in [0.1, 0.15) is 5.75 Å². The van der Waals surface area contributed by atoms with E-state index >= 15 is 0 Å². The highest BCUT2D eigenvalue weighted by Gasteiger charge is 2.22. The number of hydrogen-bond donors (Lipinski definition) is 0. The third-order valence-electron chi connectivity index (χ3n) is 6.02. The molecule has 0 saturated carbocycles. The van der Waals surface area contributed by atoms with Crippen LogP contribution in [0.2, 0.25) is 0 Å². The average Bonchev–Trinajstić information content (AvgIpc) is 3.24. The minimum Gasteiger partial charge on any atom is -0.497 e. The standard InChI is InChI=1S/C25H30N2O6/c1-29-18-5-6-19-20(16-27(21(19)15-18)8-7-26-9-11-33-12-10-26)24(28)17-13-22(30-2)25(32-4)23(14-17)31-3/h5-6,13-16H,7-12H2,1-4H3. The van der Waals surface area contributed by atoms with E-state index in [0.717, 1.165) is 56.0 Å². The summed E-state index contributed by atoms with van der Waals surface area (Å²) < 4.78 is 29.3. The monoisotopic (exact) mass is 454 g/mol. The van der Waals surface area contributed by atoms with Crippen LogP contribution in [0.15, 0.2) is 36.5 Å². The van der Waals surface area contributed by atoms with E-state index in [0.29, 0.717) is 28.4 Å². The van der Waals surface area contributed by atoms with Crippen molar-refractivity contribution in [3.63, 3.8) is 0 Å². The molecule has 176 valence electrons. The number of aromatic nitrogens is 1. The molecule has 4 rings (SSSR count). The predicted octanol–water partition coefficient (Wildman–Crippen LogP) is 3.24. The Balaban J connectivity index is 1.73. The Morgan fingerprint density at radius 1 is 0.909 bits per heavy atom. The van der Waals surface area contributed by atoms with Crippen LogP contribution in [0.4, 0.5) is 0 Å². The van der Waals surface area contributed by atoms with E-state index in [9.17, 15) is 4.79 Å². The number of rotatable bonds is 9. The fourth-order valence-corrected chi connectivity index (χ4v) is 4.21. The average molecular weight is 455 g/mol. The molecule has 8 heteroatoms. The molecule has 8 nitrogen and oxygen atoms in total. The third kappa shape index (κ3) is 4.62. The SMILES string of the molecule is COc1ccc2c(C(=O)c3cc(OC)c(OC)c(OC)c3)cn(CCN3CCOCC3)c2c1. The van der Waals surface area contributed by atoms with Gasteiger partial charge in [0.2, 0.25) is 5.75 Å². The van der Waals surface area contributed by atoms with E-state index in [2.05, 4.69) is 9.47 Å². The fourth-order valence-electron chi connectivity index (χ4n) is 4.21. The van der Waals surface area contributed by atoms with Crippen LogP contribution in [0.25, 0.3) is 10.9 Å². The van der Waals surface area contributed by atoms with Crippen LogP contribution in [0.5, 0.6) is 23.0 Å². The van der Waals surface area contributed by atoms with Gasteiger partial charge in [-0.25, -0.2) is 0 Å². The van der Waals surface area contributed by atoms with Gasteiger partial charge in [0.15, 0.2) is 17.3 Å². The molecule has 0 N–H and O–H groups in total. The van der Waals surface area contributed by atoms with Gasteiger partial charge in [0.05, 0.1) is 47.2 Å². The lowest BCUT2D eigenvalue weighted by molar-refractivity contribution is 0.0365. The third-order valence-corrected chi connectivity index (χ3v) is 6.02. The van der Waals surface area contributed by atoms with Gasteiger partial charge < -0.3 is 28.3 Å². The molecule has 1 aromatic heterocycles. The van der Waals surface area contributed by atoms with Gasteiger partial charge in [-0.3, -0.25) is 9.69 Å². The predicted molar refractivity (Wildman–Crippen MR) is 125 cm³/mol. The molecule has 1 saturated heterocycles. The number of fused-ring (bicyclic) bond motifs is 1. The maximum Gasteiger partial charge on any atom is 0.203 e. The molecule has 33 heavy (non-hydrogen) atoms. The smallest absolute Gasteiger partial charge is 0.203 e. The molecule has 0 bridgehead atoms. The fraction of sp³-hybridized carbons (Fsp3) is 0.400. The summed E-state index contributed by atoms with van der Waals surface area (Å²) in [5.74, 6) is 1.97. The molecule has 2 aromatic carbocycles. The number of benzene rings is 2. The lowest BCUT2D eigenvalue weighted by Gasteiger charge is -2.26. The second-order valence-electron chi connectivity index (χ2n) is 7.82. The highest BCUT2D eigenvalue weighted by molar-refractivity contribution is 6.17. The zero-order valence-corrected chi connectivity index (χ0v) is 19.6. The lowest BCUT2D eigenvalue weighted by atomic mass is 10.0. The highest BCUT2D eigenvalue weighted by atomic mass is 16.5. The van der Waals surface area contributed by atoms with Gasteiger partial charge in [0, 0.05) is 55.0 Å². The first-order valence-electron chi connectivity index (χ1n) is 10.9. The highest BCUT2D eigenvalue weighted by Crippen LogP contribution is 2.39. The molecule has 0 atom stereocenters. The van der Waals surface area contributed by atoms with Crippen molar-refractivity contribution in [2.45, 2.75) is 6.54 Å². The van der Waals surface area contributed by atoms with E-state index in [1.54, 1.807) is 19.2 Å². The van der Waals surface area contributed by atoms with E-state index in [1.165, 1.54) is 21.3 Å². The van der Waals surface area contributed by atoms with Crippen molar-refractivity contribution >= 4 is 16.7 Å². The van der Waals surface area contributed by atoms with E-state index < -0.39 is 0 Å². The molecule has 1 aliphatic heterocycles. The van der Waals surface area contributed by atoms with E-state index in [-0.39, 0.29) is 5.78 Å². The topological polar surface area (TPSA) is 71.4 Å². The first-order valence-corrected chi connectivity index (χ1v) is 10.9. The second-order valence-corrected chi connectivity index (χ2v) is 7.82. The number of nitrogens with zero attached hydrogens (tertiary/aromatic N) is 2. The quantitative estimate of drug-likeness (QED) is 0.460. The number of carbonyl (C=O) groups is 1. The maximum atomic E-state index is 13.6. The van der Waals surface area contributed by atoms with Crippen LogP contribution >= 0.6 is 0 Å². The van der Waals surface area contributed by atoms with Crippen molar-refractivity contribution in [3.8, 4) is 23.0 Å². The Kier molecular flexibility index (Phi) is 7.05. The largest absolute Gasteiger partial charge is 0.497 e. The molecule has 1 fully saturated rings. The van der Waals surface area contributed by atoms with Crippen LogP contribution in [0.3, 0.4) is 0 Å². The Morgan fingerprint density at radius 3 is 2.21 bits per heavy atom. The van der Waals surface area contributed by atoms with Gasteiger partial charge in [-0.2, -0.15) is 0 Å². The second kappa shape index (κ2) is 10.1. The van der Waals surface area contributed by atoms with Crippen LogP contribution in [0.1, 0.15) is 15.9 Å². The summed E-state index contributed by atoms with van der Waals surface area (Å²) in [6, 6.07) is 9.15. The molecule has 0 spiro atoms. The summed E-state index contributed by atoms with van der Waals surface area (Å²) in [6.45, 7) is 4.98. The Morgan fingerprint density at radius 2 is 1.61 bits per heavy atom. The van der Waals surface area contributed by atoms with E-state index in [4.69, 9.17) is 23.7 Å². The van der Waals surface area contributed by atoms with Gasteiger partial charge in [-0.15, -0.1) is 0 Å². The Bertz CT molecular complexity index is 1110. The van der Waals surface area contributed by atoms with E-state index in [1.807, 2.05) is 24.4 Å². The molecular weight excluding hydrogens is 424 g/mol. The van der Waals surface area contributed by atoms with Gasteiger partial charge in [0.25, 0.3) is 0 Å². The molecule has 3 aromatic rings. The zero-order valence-electron chi connectivity index (χ0n) is 19.6. The number of carbonyl (C=O) groups excluding carboxylic acids is 1. The van der Waals surface area contributed by atoms with Crippen molar-refractivity contribution in [2.24, 2.45) is 0 Å². The van der Waals surface area contributed by atoms with Crippen LogP contribution in [0, 0.1) is 0 Å². The Hall–Kier alpha value is -3.23. The van der Waals surface area contributed by atoms with Crippen LogP contribution < -0.4 is 18.9 Å². The van der Waals surface area contributed by atoms with Gasteiger partial charge >= 0.3 is 0 Å². The van der Waals surface area contributed by atoms with Crippen molar-refractivity contribution in [3.05, 3.63) is 47.7 Å². The van der Waals surface area contributed by atoms with Gasteiger partial charge in [-0.1, -0.05) is 0 Å². The van der Waals surface area contributed by atoms with Crippen LogP contribution in [-0.4, -0.2) is 76.5 Å². The molecule has 0 radical (unpaired) electrons. The number of hydrogen-bond acceptors (Lipinski definition) is 7. The first-order chi connectivity index (χ1) is 16.1. The first kappa shape index (κ1) is 22.9. The summed E-state index contributed by atoms with van der Waals surface area (Å²) in [7, 11) is 6.26. The van der Waals surface area contributed by atoms with Crippen molar-refractivity contribution in [2.75, 3.05) is 61.3 Å². The maximum absolute atomic E-state index is 13.6. The summed E-state index contributed by atoms with van der Waals surface area (Å²) in [5, 5.41) is 0.872. The number of methoxy groups -OCH3 is 4. The molecule has 1 aliphatic rings. The molecular formula is C25H30N2O6. The summed E-state index contributed by atoms with van der Waals surface area (Å²) in [5.41, 5.74) is 2.04. The van der Waals surface area contributed by atoms with Crippen LogP contribution in [-0.2, 0) is 11.3 Å². The van der Waals surface area contributed by atoms with Gasteiger partial charge in [-0.05, 0) is 24.3 Å². The van der Waals surface area contributed by atoms with Crippen molar-refractivity contribution in [1.29, 1.82) is 0 Å². The minimum atomic E-state index is -0.116. The molecule has 0 unspecified atom stereocenters. The summed E-state index contributed by atoms with van der Waals surface area (Å²) in [6.07, 6.45) is 1.93. The number of morpholine rings is 1. The van der Waals surface area contributed by atoms with Crippen molar-refractivity contribution in [1.82, 2.24) is 9.47 Å². The molecule has 2 heterocycles. The number of ether oxygens (including phenoxy) is 5. The normalized spacial score (nSPS) is 14.3. The Labute approximate surface area is 193 Å². The summed E-state index contributed by atoms with van der Waals surface area (Å²) in [4.78, 5) is 16.0. The molecule has 0 aliphatic carbocycles. The molecule has 0 amide bonds. The minimum absolute atomic E-state index is 0.116.